The first kappa shape index (κ1) is 20.9. The number of nitriles is 1. The molecular weight excluding hydrogens is 328 g/mol. The number of benzene rings is 1. The largest absolute Gasteiger partial charge is 0.203 e. The van der Waals surface area contributed by atoms with Gasteiger partial charge in [0, 0.05) is 0 Å². The van der Waals surface area contributed by atoms with E-state index in [1.165, 1.54) is 76.7 Å². The first-order valence-corrected chi connectivity index (χ1v) is 10.5. The molecule has 1 saturated carbocycles. The second-order valence-corrected chi connectivity index (χ2v) is 7.99. The maximum Gasteiger partial charge on any atom is 0.176 e. The highest BCUT2D eigenvalue weighted by Gasteiger charge is 2.21. The Balaban J connectivity index is 1.65. The molecule has 0 saturated heterocycles. The molecule has 26 heavy (non-hydrogen) atoms. The summed E-state index contributed by atoms with van der Waals surface area (Å²) in [6.07, 6.45) is 16.1. The van der Waals surface area contributed by atoms with Gasteiger partial charge in [0.25, 0.3) is 0 Å². The molecule has 0 heterocycles. The van der Waals surface area contributed by atoms with Crippen molar-refractivity contribution >= 4 is 0 Å². The molecule has 0 aromatic heterocycles. The van der Waals surface area contributed by atoms with E-state index in [-0.39, 0.29) is 5.56 Å². The molecule has 1 nitrogen and oxygen atoms in total. The van der Waals surface area contributed by atoms with Crippen molar-refractivity contribution in [1.82, 2.24) is 0 Å². The molecule has 1 aliphatic carbocycles. The molecule has 0 spiro atoms. The minimum atomic E-state index is -0.993. The summed E-state index contributed by atoms with van der Waals surface area (Å²) in [5, 5.41) is 8.75. The third-order valence-corrected chi connectivity index (χ3v) is 6.04. The first-order chi connectivity index (χ1) is 12.7. The van der Waals surface area contributed by atoms with Crippen LogP contribution in [0.5, 0.6) is 0 Å². The van der Waals surface area contributed by atoms with Gasteiger partial charge < -0.3 is 0 Å². The number of rotatable bonds is 10. The Hall–Kier alpha value is -1.43. The van der Waals surface area contributed by atoms with Crippen molar-refractivity contribution < 1.29 is 8.78 Å². The van der Waals surface area contributed by atoms with E-state index in [2.05, 4.69) is 6.92 Å². The highest BCUT2D eigenvalue weighted by atomic mass is 19.2. The van der Waals surface area contributed by atoms with Crippen molar-refractivity contribution in [3.63, 3.8) is 0 Å². The van der Waals surface area contributed by atoms with E-state index in [9.17, 15) is 8.78 Å². The Morgan fingerprint density at radius 2 is 1.50 bits per heavy atom. The highest BCUT2D eigenvalue weighted by molar-refractivity contribution is 5.34. The van der Waals surface area contributed by atoms with Crippen molar-refractivity contribution in [1.29, 1.82) is 5.26 Å². The summed E-state index contributed by atoms with van der Waals surface area (Å²) in [5.74, 6) is -0.316. The molecule has 0 atom stereocenters. The van der Waals surface area contributed by atoms with E-state index >= 15 is 0 Å². The van der Waals surface area contributed by atoms with Gasteiger partial charge in [-0.15, -0.1) is 0 Å². The number of hydrogen-bond donors (Lipinski definition) is 0. The van der Waals surface area contributed by atoms with Gasteiger partial charge in [0.05, 0.1) is 5.56 Å². The first-order valence-electron chi connectivity index (χ1n) is 10.5. The van der Waals surface area contributed by atoms with Crippen molar-refractivity contribution in [2.75, 3.05) is 0 Å². The van der Waals surface area contributed by atoms with Crippen LogP contribution in [-0.2, 0) is 6.42 Å². The van der Waals surface area contributed by atoms with Crippen LogP contribution in [0.3, 0.4) is 0 Å². The maximum atomic E-state index is 14.0. The zero-order valence-electron chi connectivity index (χ0n) is 16.2. The molecule has 3 heteroatoms. The minimum Gasteiger partial charge on any atom is -0.203 e. The number of unbranched alkanes of at least 4 members (excludes halogenated alkanes) is 5. The van der Waals surface area contributed by atoms with E-state index in [0.717, 1.165) is 12.3 Å². The van der Waals surface area contributed by atoms with Crippen molar-refractivity contribution in [2.45, 2.75) is 90.4 Å². The van der Waals surface area contributed by atoms with Crippen molar-refractivity contribution in [3.05, 3.63) is 34.9 Å². The van der Waals surface area contributed by atoms with Crippen LogP contribution in [0.15, 0.2) is 12.1 Å². The molecule has 1 aromatic carbocycles. The van der Waals surface area contributed by atoms with Crippen molar-refractivity contribution in [2.24, 2.45) is 11.8 Å². The average molecular weight is 362 g/mol. The van der Waals surface area contributed by atoms with Gasteiger partial charge in [-0.25, -0.2) is 8.78 Å². The third-order valence-electron chi connectivity index (χ3n) is 6.04. The molecule has 2 rings (SSSR count). The van der Waals surface area contributed by atoms with Gasteiger partial charge in [0.2, 0.25) is 0 Å². The summed E-state index contributed by atoms with van der Waals surface area (Å²) in [6.45, 7) is 2.25. The molecule has 0 aliphatic heterocycles. The van der Waals surface area contributed by atoms with Gasteiger partial charge in [-0.3, -0.25) is 0 Å². The zero-order valence-corrected chi connectivity index (χ0v) is 16.2. The summed E-state index contributed by atoms with van der Waals surface area (Å²) < 4.78 is 27.7. The quantitative estimate of drug-likeness (QED) is 0.400. The van der Waals surface area contributed by atoms with Crippen LogP contribution < -0.4 is 0 Å². The zero-order chi connectivity index (χ0) is 18.8. The van der Waals surface area contributed by atoms with Gasteiger partial charge in [-0.2, -0.15) is 5.26 Å². The molecule has 0 N–H and O–H groups in total. The Morgan fingerprint density at radius 1 is 0.885 bits per heavy atom. The molecule has 1 fully saturated rings. The lowest BCUT2D eigenvalue weighted by molar-refractivity contribution is 0.248. The lowest BCUT2D eigenvalue weighted by Crippen LogP contribution is -2.15. The summed E-state index contributed by atoms with van der Waals surface area (Å²) in [5.41, 5.74) is 0.206. The van der Waals surface area contributed by atoms with Gasteiger partial charge in [-0.05, 0) is 36.3 Å². The normalized spacial score (nSPS) is 20.1. The SMILES string of the molecule is CCCCCCCC[C@H]1CC[C@H](CCc2ccc(C#N)c(F)c2F)CC1. The predicted octanol–water partition coefficient (Wildman–Crippen LogP) is 7.33. The Labute approximate surface area is 157 Å². The van der Waals surface area contributed by atoms with Gasteiger partial charge in [0.15, 0.2) is 11.6 Å². The molecule has 0 bridgehead atoms. The van der Waals surface area contributed by atoms with Crippen LogP contribution in [0.1, 0.15) is 95.1 Å². The number of aryl methyl sites for hydroxylation is 1. The minimum absolute atomic E-state index is 0.207. The van der Waals surface area contributed by atoms with Crippen LogP contribution in [0.4, 0.5) is 8.78 Å². The Kier molecular flexibility index (Phi) is 9.09. The van der Waals surface area contributed by atoms with E-state index in [1.54, 1.807) is 12.1 Å². The van der Waals surface area contributed by atoms with Gasteiger partial charge in [0.1, 0.15) is 6.07 Å². The number of hydrogen-bond acceptors (Lipinski definition) is 1. The van der Waals surface area contributed by atoms with Crippen LogP contribution in [-0.4, -0.2) is 0 Å². The molecule has 0 amide bonds. The van der Waals surface area contributed by atoms with Crippen LogP contribution >= 0.6 is 0 Å². The maximum absolute atomic E-state index is 14.0. The summed E-state index contributed by atoms with van der Waals surface area (Å²) in [6, 6.07) is 4.65. The summed E-state index contributed by atoms with van der Waals surface area (Å²) in [4.78, 5) is 0. The second kappa shape index (κ2) is 11.3. The monoisotopic (exact) mass is 361 g/mol. The molecule has 144 valence electrons. The Morgan fingerprint density at radius 3 is 2.15 bits per heavy atom. The summed E-state index contributed by atoms with van der Waals surface area (Å²) in [7, 11) is 0. The fourth-order valence-electron chi connectivity index (χ4n) is 4.25. The number of nitrogens with zero attached hydrogens (tertiary/aromatic N) is 1. The lowest BCUT2D eigenvalue weighted by Gasteiger charge is -2.28. The Bertz CT molecular complexity index is 583. The fraction of sp³-hybridized carbons (Fsp3) is 0.696. The van der Waals surface area contributed by atoms with E-state index in [1.807, 2.05) is 0 Å². The third kappa shape index (κ3) is 6.38. The summed E-state index contributed by atoms with van der Waals surface area (Å²) >= 11 is 0. The van der Waals surface area contributed by atoms with Crippen molar-refractivity contribution in [3.8, 4) is 6.07 Å². The number of halogens is 2. The van der Waals surface area contributed by atoms with E-state index < -0.39 is 11.6 Å². The molecule has 1 aromatic rings. The topological polar surface area (TPSA) is 23.8 Å². The smallest absolute Gasteiger partial charge is 0.176 e. The van der Waals surface area contributed by atoms with Crippen LogP contribution in [0.25, 0.3) is 0 Å². The second-order valence-electron chi connectivity index (χ2n) is 7.99. The van der Waals surface area contributed by atoms with Crippen LogP contribution in [0, 0.1) is 34.8 Å². The molecule has 1 aliphatic rings. The lowest BCUT2D eigenvalue weighted by atomic mass is 9.77. The van der Waals surface area contributed by atoms with E-state index in [0.29, 0.717) is 17.9 Å². The van der Waals surface area contributed by atoms with E-state index in [4.69, 9.17) is 5.26 Å². The predicted molar refractivity (Wildman–Crippen MR) is 103 cm³/mol. The highest BCUT2D eigenvalue weighted by Crippen LogP contribution is 2.34. The molecule has 0 unspecified atom stereocenters. The average Bonchev–Trinajstić information content (AvgIpc) is 2.67. The van der Waals surface area contributed by atoms with Gasteiger partial charge in [-0.1, -0.05) is 83.6 Å². The standard InChI is InChI=1S/C23H33F2N/c1-2-3-4-5-6-7-8-18-9-11-19(12-10-18)13-14-20-15-16-21(17-26)23(25)22(20)24/h15-16,18-19H,2-14H2,1H3/t18-,19-. The van der Waals surface area contributed by atoms with Gasteiger partial charge >= 0.3 is 0 Å². The van der Waals surface area contributed by atoms with Crippen LogP contribution in [0.2, 0.25) is 0 Å². The fourth-order valence-corrected chi connectivity index (χ4v) is 4.25. The molecule has 0 radical (unpaired) electrons. The molecular formula is C23H33F2N.